The highest BCUT2D eigenvalue weighted by atomic mass is 16.5. The molecule has 20 heavy (non-hydrogen) atoms. The third kappa shape index (κ3) is 6.75. The first kappa shape index (κ1) is 16.8. The number of carbonyl (C=O) groups excluding carboxylic acids is 1. The molecule has 3 N–H and O–H groups in total. The standard InChI is InChI=1S/C14H26N2O4/c1-14(2,3)7-10(12(17)18)8-15-13(19)16-11-5-4-6-20-9-11/h10-11H,4-9H2,1-3H3,(H,17,18)(H2,15,16,19). The number of urea groups is 1. The summed E-state index contributed by atoms with van der Waals surface area (Å²) in [6.07, 6.45) is 2.36. The third-order valence-electron chi connectivity index (χ3n) is 3.21. The highest BCUT2D eigenvalue weighted by Gasteiger charge is 2.25. The quantitative estimate of drug-likeness (QED) is 0.716. The normalized spacial score (nSPS) is 21.1. The lowest BCUT2D eigenvalue weighted by Gasteiger charge is -2.25. The molecule has 0 aromatic carbocycles. The molecular formula is C14H26N2O4. The fraction of sp³-hybridized carbons (Fsp3) is 0.857. The van der Waals surface area contributed by atoms with E-state index in [-0.39, 0.29) is 24.0 Å². The average molecular weight is 286 g/mol. The molecule has 0 aromatic rings. The molecule has 0 radical (unpaired) electrons. The van der Waals surface area contributed by atoms with Crippen LogP contribution in [0.2, 0.25) is 0 Å². The van der Waals surface area contributed by atoms with E-state index in [1.165, 1.54) is 0 Å². The number of rotatable bonds is 5. The van der Waals surface area contributed by atoms with Gasteiger partial charge in [0.25, 0.3) is 0 Å². The maximum absolute atomic E-state index is 11.7. The Labute approximate surface area is 120 Å². The van der Waals surface area contributed by atoms with Gasteiger partial charge in [0, 0.05) is 13.2 Å². The van der Waals surface area contributed by atoms with Gasteiger partial charge in [0.05, 0.1) is 18.6 Å². The molecule has 116 valence electrons. The second-order valence-corrected chi connectivity index (χ2v) is 6.57. The zero-order chi connectivity index (χ0) is 15.2. The minimum absolute atomic E-state index is 0.0228. The van der Waals surface area contributed by atoms with Crippen LogP contribution in [0.1, 0.15) is 40.0 Å². The molecule has 1 rings (SSSR count). The van der Waals surface area contributed by atoms with Gasteiger partial charge >= 0.3 is 12.0 Å². The number of amides is 2. The van der Waals surface area contributed by atoms with Crippen molar-refractivity contribution in [2.75, 3.05) is 19.8 Å². The lowest BCUT2D eigenvalue weighted by atomic mass is 9.84. The summed E-state index contributed by atoms with van der Waals surface area (Å²) in [5, 5.41) is 14.6. The van der Waals surface area contributed by atoms with Crippen molar-refractivity contribution in [1.29, 1.82) is 0 Å². The smallest absolute Gasteiger partial charge is 0.315 e. The first-order valence-corrected chi connectivity index (χ1v) is 7.13. The summed E-state index contributed by atoms with van der Waals surface area (Å²) in [6.45, 7) is 7.38. The summed E-state index contributed by atoms with van der Waals surface area (Å²) in [6, 6.07) is -0.296. The van der Waals surface area contributed by atoms with Crippen LogP contribution in [0.4, 0.5) is 4.79 Å². The topological polar surface area (TPSA) is 87.7 Å². The average Bonchev–Trinajstić information content (AvgIpc) is 2.34. The molecule has 2 unspecified atom stereocenters. The summed E-state index contributed by atoms with van der Waals surface area (Å²) in [7, 11) is 0. The zero-order valence-electron chi connectivity index (χ0n) is 12.6. The highest BCUT2D eigenvalue weighted by Crippen LogP contribution is 2.24. The highest BCUT2D eigenvalue weighted by molar-refractivity contribution is 5.76. The van der Waals surface area contributed by atoms with Crippen molar-refractivity contribution < 1.29 is 19.4 Å². The molecule has 0 bridgehead atoms. The summed E-state index contributed by atoms with van der Waals surface area (Å²) < 4.78 is 5.28. The van der Waals surface area contributed by atoms with Crippen LogP contribution in [-0.4, -0.2) is 42.9 Å². The molecule has 1 aliphatic heterocycles. The number of hydrogen-bond donors (Lipinski definition) is 3. The molecule has 0 aromatic heterocycles. The molecule has 6 nitrogen and oxygen atoms in total. The Kier molecular flexibility index (Phi) is 6.26. The van der Waals surface area contributed by atoms with Crippen LogP contribution in [0.3, 0.4) is 0 Å². The molecule has 1 aliphatic rings. The Morgan fingerprint density at radius 2 is 2.10 bits per heavy atom. The van der Waals surface area contributed by atoms with E-state index in [1.807, 2.05) is 20.8 Å². The van der Waals surface area contributed by atoms with Gasteiger partial charge in [0.15, 0.2) is 0 Å². The summed E-state index contributed by atoms with van der Waals surface area (Å²) in [4.78, 5) is 22.9. The van der Waals surface area contributed by atoms with Gasteiger partial charge in [-0.15, -0.1) is 0 Å². The molecule has 6 heteroatoms. The van der Waals surface area contributed by atoms with Gasteiger partial charge < -0.3 is 20.5 Å². The molecule has 1 saturated heterocycles. The van der Waals surface area contributed by atoms with E-state index in [0.717, 1.165) is 19.4 Å². The SMILES string of the molecule is CC(C)(C)CC(CNC(=O)NC1CCCOC1)C(=O)O. The number of carbonyl (C=O) groups is 2. The molecule has 1 fully saturated rings. The van der Waals surface area contributed by atoms with Crippen molar-refractivity contribution in [3.05, 3.63) is 0 Å². The van der Waals surface area contributed by atoms with E-state index in [1.54, 1.807) is 0 Å². The third-order valence-corrected chi connectivity index (χ3v) is 3.21. The second-order valence-electron chi connectivity index (χ2n) is 6.57. The number of carboxylic acids is 1. The van der Waals surface area contributed by atoms with Crippen molar-refractivity contribution >= 4 is 12.0 Å². The number of aliphatic carboxylic acids is 1. The van der Waals surface area contributed by atoms with Crippen LogP contribution in [0.5, 0.6) is 0 Å². The Morgan fingerprint density at radius 1 is 1.40 bits per heavy atom. The predicted octanol–water partition coefficient (Wildman–Crippen LogP) is 1.60. The van der Waals surface area contributed by atoms with E-state index in [0.29, 0.717) is 13.0 Å². The van der Waals surface area contributed by atoms with E-state index in [4.69, 9.17) is 4.74 Å². The van der Waals surface area contributed by atoms with Crippen molar-refractivity contribution in [3.8, 4) is 0 Å². The van der Waals surface area contributed by atoms with E-state index in [9.17, 15) is 14.7 Å². The number of hydrogen-bond acceptors (Lipinski definition) is 3. The largest absolute Gasteiger partial charge is 0.481 e. The molecule has 2 amide bonds. The second kappa shape index (κ2) is 7.47. The lowest BCUT2D eigenvalue weighted by molar-refractivity contribution is -0.142. The maximum atomic E-state index is 11.7. The molecule has 2 atom stereocenters. The van der Waals surface area contributed by atoms with Crippen LogP contribution in [0, 0.1) is 11.3 Å². The van der Waals surface area contributed by atoms with Crippen molar-refractivity contribution in [2.24, 2.45) is 11.3 Å². The fourth-order valence-electron chi connectivity index (χ4n) is 2.29. The Hall–Kier alpha value is -1.30. The van der Waals surface area contributed by atoms with Crippen LogP contribution < -0.4 is 10.6 Å². The van der Waals surface area contributed by atoms with Gasteiger partial charge in [-0.3, -0.25) is 4.79 Å². The van der Waals surface area contributed by atoms with Crippen LogP contribution in [0.25, 0.3) is 0 Å². The van der Waals surface area contributed by atoms with E-state index in [2.05, 4.69) is 10.6 Å². The zero-order valence-corrected chi connectivity index (χ0v) is 12.6. The molecular weight excluding hydrogens is 260 g/mol. The summed E-state index contributed by atoms with van der Waals surface area (Å²) in [5.41, 5.74) is -0.0849. The van der Waals surface area contributed by atoms with Crippen LogP contribution >= 0.6 is 0 Å². The number of ether oxygens (including phenoxy) is 1. The minimum Gasteiger partial charge on any atom is -0.481 e. The van der Waals surface area contributed by atoms with Crippen LogP contribution in [0.15, 0.2) is 0 Å². The van der Waals surface area contributed by atoms with Crippen molar-refractivity contribution in [2.45, 2.75) is 46.1 Å². The summed E-state index contributed by atoms with van der Waals surface area (Å²) >= 11 is 0. The molecule has 0 spiro atoms. The van der Waals surface area contributed by atoms with Gasteiger partial charge in [0.2, 0.25) is 0 Å². The van der Waals surface area contributed by atoms with Crippen molar-refractivity contribution in [1.82, 2.24) is 10.6 Å². The predicted molar refractivity (Wildman–Crippen MR) is 75.6 cm³/mol. The Bertz CT molecular complexity index is 333. The van der Waals surface area contributed by atoms with Gasteiger partial charge in [0.1, 0.15) is 0 Å². The first-order chi connectivity index (χ1) is 9.28. The molecule has 0 aliphatic carbocycles. The minimum atomic E-state index is -0.874. The van der Waals surface area contributed by atoms with E-state index >= 15 is 0 Å². The molecule has 1 heterocycles. The van der Waals surface area contributed by atoms with Gasteiger partial charge in [-0.25, -0.2) is 4.79 Å². The molecule has 0 saturated carbocycles. The monoisotopic (exact) mass is 286 g/mol. The van der Waals surface area contributed by atoms with Crippen LogP contribution in [-0.2, 0) is 9.53 Å². The maximum Gasteiger partial charge on any atom is 0.315 e. The van der Waals surface area contributed by atoms with E-state index < -0.39 is 11.9 Å². The number of nitrogens with one attached hydrogen (secondary N) is 2. The summed E-state index contributed by atoms with van der Waals surface area (Å²) in [5.74, 6) is -1.44. The fourth-order valence-corrected chi connectivity index (χ4v) is 2.29. The van der Waals surface area contributed by atoms with Gasteiger partial charge in [-0.05, 0) is 24.7 Å². The lowest BCUT2D eigenvalue weighted by Crippen LogP contribution is -2.47. The van der Waals surface area contributed by atoms with Crippen molar-refractivity contribution in [3.63, 3.8) is 0 Å². The first-order valence-electron chi connectivity index (χ1n) is 7.13. The number of carboxylic acid groups (broad SMARTS) is 1. The Balaban J connectivity index is 2.34. The van der Waals surface area contributed by atoms with Gasteiger partial charge in [-0.1, -0.05) is 20.8 Å². The Morgan fingerprint density at radius 3 is 2.60 bits per heavy atom. The van der Waals surface area contributed by atoms with Gasteiger partial charge in [-0.2, -0.15) is 0 Å².